The number of nitrogens with zero attached hydrogens (tertiary/aromatic N) is 4. The lowest BCUT2D eigenvalue weighted by molar-refractivity contribution is 0.112. The molecule has 0 aliphatic heterocycles. The first kappa shape index (κ1) is 15.3. The maximum atomic E-state index is 10.8. The van der Waals surface area contributed by atoms with Gasteiger partial charge in [-0.3, -0.25) is 9.89 Å². The summed E-state index contributed by atoms with van der Waals surface area (Å²) in [5.41, 5.74) is 3.02. The van der Waals surface area contributed by atoms with Gasteiger partial charge in [0.15, 0.2) is 5.82 Å². The van der Waals surface area contributed by atoms with E-state index in [9.17, 15) is 4.79 Å². The third-order valence-electron chi connectivity index (χ3n) is 3.87. The number of aromatic amines is 1. The topological polar surface area (TPSA) is 88.5 Å². The minimum atomic E-state index is 0.555. The van der Waals surface area contributed by atoms with Gasteiger partial charge >= 0.3 is 0 Å². The number of aromatic nitrogens is 5. The molecular weight excluding hydrogens is 340 g/mol. The Morgan fingerprint density at radius 1 is 1.20 bits per heavy atom. The van der Waals surface area contributed by atoms with E-state index in [1.54, 1.807) is 30.1 Å². The van der Waals surface area contributed by atoms with Crippen LogP contribution >= 0.6 is 11.6 Å². The SMILES string of the molecule is Cn1nc(-c2ccc(C=O)cc2)nc1Nc1ccc2[nH]ncc2c1Cl. The number of H-pyrrole nitrogens is 1. The van der Waals surface area contributed by atoms with Crippen LogP contribution in [0, 0.1) is 0 Å². The molecule has 0 aliphatic rings. The Kier molecular flexibility index (Phi) is 3.70. The molecule has 2 aromatic carbocycles. The number of rotatable bonds is 4. The number of benzene rings is 2. The molecule has 2 heterocycles. The molecule has 4 rings (SSSR count). The Balaban J connectivity index is 1.67. The van der Waals surface area contributed by atoms with Crippen molar-refractivity contribution < 1.29 is 4.79 Å². The van der Waals surface area contributed by atoms with Gasteiger partial charge in [-0.05, 0) is 12.1 Å². The van der Waals surface area contributed by atoms with Gasteiger partial charge in [-0.15, -0.1) is 5.10 Å². The molecule has 0 amide bonds. The van der Waals surface area contributed by atoms with Crippen molar-refractivity contribution in [2.24, 2.45) is 7.05 Å². The maximum Gasteiger partial charge on any atom is 0.225 e. The summed E-state index contributed by atoms with van der Waals surface area (Å²) in [5, 5.41) is 15.9. The van der Waals surface area contributed by atoms with Crippen LogP contribution in [0.25, 0.3) is 22.3 Å². The Morgan fingerprint density at radius 3 is 2.76 bits per heavy atom. The number of nitrogens with one attached hydrogen (secondary N) is 2. The Labute approximate surface area is 147 Å². The highest BCUT2D eigenvalue weighted by Crippen LogP contribution is 2.31. The second kappa shape index (κ2) is 6.03. The Morgan fingerprint density at radius 2 is 2.00 bits per heavy atom. The number of halogens is 1. The summed E-state index contributed by atoms with van der Waals surface area (Å²) in [6.07, 6.45) is 2.48. The van der Waals surface area contributed by atoms with Gasteiger partial charge in [-0.1, -0.05) is 35.9 Å². The fourth-order valence-electron chi connectivity index (χ4n) is 2.53. The summed E-state index contributed by atoms with van der Waals surface area (Å²) in [4.78, 5) is 15.3. The number of aldehydes is 1. The van der Waals surface area contributed by atoms with Crippen LogP contribution in [0.5, 0.6) is 0 Å². The normalized spacial score (nSPS) is 11.0. The third kappa shape index (κ3) is 2.74. The molecule has 2 aromatic heterocycles. The smallest absolute Gasteiger partial charge is 0.225 e. The highest BCUT2D eigenvalue weighted by Gasteiger charge is 2.13. The van der Waals surface area contributed by atoms with E-state index in [0.29, 0.717) is 28.0 Å². The first-order valence-corrected chi connectivity index (χ1v) is 7.89. The number of fused-ring (bicyclic) bond motifs is 1. The van der Waals surface area contributed by atoms with Crippen LogP contribution in [0.15, 0.2) is 42.6 Å². The van der Waals surface area contributed by atoms with Gasteiger partial charge in [0.05, 0.1) is 22.4 Å². The van der Waals surface area contributed by atoms with Gasteiger partial charge < -0.3 is 5.32 Å². The first-order chi connectivity index (χ1) is 12.2. The number of carbonyl (C=O) groups excluding carboxylic acids is 1. The largest absolute Gasteiger partial charge is 0.323 e. The number of hydrogen-bond acceptors (Lipinski definition) is 5. The molecule has 0 spiro atoms. The Hall–Kier alpha value is -3.19. The van der Waals surface area contributed by atoms with E-state index in [0.717, 1.165) is 22.8 Å². The quantitative estimate of drug-likeness (QED) is 0.548. The van der Waals surface area contributed by atoms with Crippen molar-refractivity contribution in [3.05, 3.63) is 53.2 Å². The van der Waals surface area contributed by atoms with E-state index < -0.39 is 0 Å². The van der Waals surface area contributed by atoms with E-state index in [-0.39, 0.29) is 0 Å². The van der Waals surface area contributed by atoms with Gasteiger partial charge in [0.2, 0.25) is 5.95 Å². The molecule has 0 unspecified atom stereocenters. The van der Waals surface area contributed by atoms with Gasteiger partial charge in [-0.25, -0.2) is 4.68 Å². The second-order valence-corrected chi connectivity index (χ2v) is 5.88. The van der Waals surface area contributed by atoms with Gasteiger partial charge in [0.25, 0.3) is 0 Å². The summed E-state index contributed by atoms with van der Waals surface area (Å²) in [5.74, 6) is 1.11. The molecule has 0 radical (unpaired) electrons. The van der Waals surface area contributed by atoms with Crippen molar-refractivity contribution in [2.75, 3.05) is 5.32 Å². The van der Waals surface area contributed by atoms with E-state index in [1.807, 2.05) is 24.3 Å². The first-order valence-electron chi connectivity index (χ1n) is 7.51. The standard InChI is InChI=1S/C17H13ClN6O/c1-24-17(20-14-7-6-13-12(15(14)18)8-19-22-13)21-16(23-24)11-4-2-10(9-25)3-5-11/h2-9H,1H3,(H,19,22)(H,20,21,23). The minimum Gasteiger partial charge on any atom is -0.323 e. The number of carbonyl (C=O) groups is 1. The number of hydrogen-bond donors (Lipinski definition) is 2. The lowest BCUT2D eigenvalue weighted by atomic mass is 10.1. The van der Waals surface area contributed by atoms with Gasteiger partial charge in [-0.2, -0.15) is 10.1 Å². The fraction of sp³-hybridized carbons (Fsp3) is 0.0588. The van der Waals surface area contributed by atoms with Gasteiger partial charge in [0.1, 0.15) is 6.29 Å². The monoisotopic (exact) mass is 352 g/mol. The number of anilines is 2. The lowest BCUT2D eigenvalue weighted by Crippen LogP contribution is -2.00. The fourth-order valence-corrected chi connectivity index (χ4v) is 2.79. The van der Waals surface area contributed by atoms with Crippen LogP contribution < -0.4 is 5.32 Å². The minimum absolute atomic E-state index is 0.555. The zero-order valence-corrected chi connectivity index (χ0v) is 13.9. The van der Waals surface area contributed by atoms with Crippen molar-refractivity contribution in [1.82, 2.24) is 25.0 Å². The van der Waals surface area contributed by atoms with Crippen LogP contribution in [0.3, 0.4) is 0 Å². The summed E-state index contributed by atoms with van der Waals surface area (Å²) in [7, 11) is 1.79. The lowest BCUT2D eigenvalue weighted by Gasteiger charge is -2.07. The van der Waals surface area contributed by atoms with E-state index in [4.69, 9.17) is 11.6 Å². The van der Waals surface area contributed by atoms with Crippen LogP contribution in [0.2, 0.25) is 5.02 Å². The molecule has 0 bridgehead atoms. The highest BCUT2D eigenvalue weighted by molar-refractivity contribution is 6.38. The average Bonchev–Trinajstić information content (AvgIpc) is 3.25. The maximum absolute atomic E-state index is 10.8. The van der Waals surface area contributed by atoms with E-state index >= 15 is 0 Å². The van der Waals surface area contributed by atoms with Gasteiger partial charge in [0, 0.05) is 23.6 Å². The van der Waals surface area contributed by atoms with Crippen molar-refractivity contribution in [1.29, 1.82) is 0 Å². The summed E-state index contributed by atoms with van der Waals surface area (Å²) in [6, 6.07) is 10.8. The van der Waals surface area contributed by atoms with Crippen molar-refractivity contribution in [3.63, 3.8) is 0 Å². The molecule has 8 heteroatoms. The van der Waals surface area contributed by atoms with Crippen LogP contribution in [0.4, 0.5) is 11.6 Å². The third-order valence-corrected chi connectivity index (χ3v) is 4.28. The zero-order chi connectivity index (χ0) is 17.4. The predicted octanol–water partition coefficient (Wildman–Crippen LogP) is 3.57. The molecule has 25 heavy (non-hydrogen) atoms. The van der Waals surface area contributed by atoms with Crippen molar-refractivity contribution >= 4 is 40.4 Å². The molecule has 0 fully saturated rings. The van der Waals surface area contributed by atoms with Crippen LogP contribution in [-0.4, -0.2) is 31.2 Å². The molecule has 4 aromatic rings. The predicted molar refractivity (Wildman–Crippen MR) is 96.2 cm³/mol. The second-order valence-electron chi connectivity index (χ2n) is 5.51. The number of aryl methyl sites for hydroxylation is 1. The zero-order valence-electron chi connectivity index (χ0n) is 13.2. The molecular formula is C17H13ClN6O. The van der Waals surface area contributed by atoms with Crippen molar-refractivity contribution in [3.8, 4) is 11.4 Å². The molecule has 124 valence electrons. The molecule has 0 saturated heterocycles. The molecule has 0 saturated carbocycles. The molecule has 0 aliphatic carbocycles. The summed E-state index contributed by atoms with van der Waals surface area (Å²) < 4.78 is 1.64. The van der Waals surface area contributed by atoms with Crippen LogP contribution in [0.1, 0.15) is 10.4 Å². The van der Waals surface area contributed by atoms with E-state index in [1.165, 1.54) is 0 Å². The Bertz CT molecular complexity index is 1070. The molecule has 2 N–H and O–H groups in total. The summed E-state index contributed by atoms with van der Waals surface area (Å²) >= 11 is 6.43. The molecule has 7 nitrogen and oxygen atoms in total. The summed E-state index contributed by atoms with van der Waals surface area (Å²) in [6.45, 7) is 0. The van der Waals surface area contributed by atoms with E-state index in [2.05, 4.69) is 25.6 Å². The molecule has 0 atom stereocenters. The average molecular weight is 353 g/mol. The van der Waals surface area contributed by atoms with Crippen molar-refractivity contribution in [2.45, 2.75) is 0 Å². The van der Waals surface area contributed by atoms with Crippen LogP contribution in [-0.2, 0) is 7.05 Å². The highest BCUT2D eigenvalue weighted by atomic mass is 35.5.